The van der Waals surface area contributed by atoms with Crippen molar-refractivity contribution in [2.45, 2.75) is 6.10 Å². The van der Waals surface area contributed by atoms with Crippen LogP contribution in [0.1, 0.15) is 5.56 Å². The summed E-state index contributed by atoms with van der Waals surface area (Å²) in [7, 11) is 0. The maximum Gasteiger partial charge on any atom is 0.334 e. The van der Waals surface area contributed by atoms with Gasteiger partial charge in [-0.05, 0) is 24.3 Å². The highest BCUT2D eigenvalue weighted by molar-refractivity contribution is 5.72. The molecule has 1 unspecified atom stereocenters. The van der Waals surface area contributed by atoms with Gasteiger partial charge < -0.3 is 15.5 Å². The highest BCUT2D eigenvalue weighted by Crippen LogP contribution is 2.08. The molecule has 0 aromatic heterocycles. The SMILES string of the molecule is N#Cc1ccc(NCC(O)C(=O)O)cc1. The van der Waals surface area contributed by atoms with Crippen LogP contribution in [0, 0.1) is 11.3 Å². The molecular weight excluding hydrogens is 196 g/mol. The van der Waals surface area contributed by atoms with Crippen molar-refractivity contribution in [3.63, 3.8) is 0 Å². The van der Waals surface area contributed by atoms with E-state index in [1.54, 1.807) is 24.3 Å². The van der Waals surface area contributed by atoms with Crippen LogP contribution >= 0.6 is 0 Å². The zero-order valence-electron chi connectivity index (χ0n) is 7.84. The molecule has 1 rings (SSSR count). The third-order valence-corrected chi connectivity index (χ3v) is 1.80. The fourth-order valence-electron chi connectivity index (χ4n) is 0.964. The van der Waals surface area contributed by atoms with Crippen LogP contribution in [0.5, 0.6) is 0 Å². The van der Waals surface area contributed by atoms with E-state index in [4.69, 9.17) is 15.5 Å². The molecule has 5 nitrogen and oxygen atoms in total. The number of carbonyl (C=O) groups is 1. The van der Waals surface area contributed by atoms with Gasteiger partial charge in [0.25, 0.3) is 0 Å². The monoisotopic (exact) mass is 206 g/mol. The fourth-order valence-corrected chi connectivity index (χ4v) is 0.964. The van der Waals surface area contributed by atoms with Gasteiger partial charge in [-0.25, -0.2) is 4.79 Å². The molecule has 0 aliphatic rings. The van der Waals surface area contributed by atoms with Crippen LogP contribution in [0.25, 0.3) is 0 Å². The van der Waals surface area contributed by atoms with E-state index in [1.165, 1.54) is 0 Å². The number of rotatable bonds is 4. The van der Waals surface area contributed by atoms with Crippen molar-refractivity contribution in [1.29, 1.82) is 5.26 Å². The summed E-state index contributed by atoms with van der Waals surface area (Å²) in [5, 5.41) is 28.7. The van der Waals surface area contributed by atoms with E-state index in [2.05, 4.69) is 5.32 Å². The van der Waals surface area contributed by atoms with E-state index < -0.39 is 12.1 Å². The summed E-state index contributed by atoms with van der Waals surface area (Å²) in [6.45, 7) is -0.0682. The standard InChI is InChI=1S/C10H10N2O3/c11-5-7-1-3-8(4-2-7)12-6-9(13)10(14)15/h1-4,9,12-13H,6H2,(H,14,15). The topological polar surface area (TPSA) is 93.4 Å². The molecule has 0 heterocycles. The van der Waals surface area contributed by atoms with Crippen molar-refractivity contribution in [1.82, 2.24) is 0 Å². The molecule has 0 fully saturated rings. The van der Waals surface area contributed by atoms with Gasteiger partial charge in [0.05, 0.1) is 18.2 Å². The Hall–Kier alpha value is -2.06. The van der Waals surface area contributed by atoms with Gasteiger partial charge in [-0.2, -0.15) is 5.26 Å². The van der Waals surface area contributed by atoms with Crippen molar-refractivity contribution >= 4 is 11.7 Å². The van der Waals surface area contributed by atoms with Gasteiger partial charge in [0.15, 0.2) is 6.10 Å². The number of hydrogen-bond acceptors (Lipinski definition) is 4. The third-order valence-electron chi connectivity index (χ3n) is 1.80. The van der Waals surface area contributed by atoms with Gasteiger partial charge in [0.1, 0.15) is 0 Å². The largest absolute Gasteiger partial charge is 0.479 e. The predicted molar refractivity (Wildman–Crippen MR) is 53.3 cm³/mol. The van der Waals surface area contributed by atoms with Crippen LogP contribution in [0.15, 0.2) is 24.3 Å². The molecule has 3 N–H and O–H groups in total. The molecule has 0 radical (unpaired) electrons. The lowest BCUT2D eigenvalue weighted by Crippen LogP contribution is -2.28. The minimum atomic E-state index is -1.43. The molecule has 5 heteroatoms. The van der Waals surface area contributed by atoms with Crippen molar-refractivity contribution in [3.05, 3.63) is 29.8 Å². The van der Waals surface area contributed by atoms with E-state index >= 15 is 0 Å². The molecule has 1 aromatic rings. The Labute approximate surface area is 86.6 Å². The van der Waals surface area contributed by atoms with Crippen molar-refractivity contribution < 1.29 is 15.0 Å². The minimum absolute atomic E-state index is 0.0682. The van der Waals surface area contributed by atoms with Gasteiger partial charge in [0, 0.05) is 5.69 Å². The first-order valence-electron chi connectivity index (χ1n) is 4.28. The number of carboxylic acid groups (broad SMARTS) is 1. The van der Waals surface area contributed by atoms with Crippen LogP contribution < -0.4 is 5.32 Å². The summed E-state index contributed by atoms with van der Waals surface area (Å²) < 4.78 is 0. The molecule has 0 aliphatic carbocycles. The lowest BCUT2D eigenvalue weighted by atomic mass is 10.2. The molecule has 0 aliphatic heterocycles. The Kier molecular flexibility index (Phi) is 3.66. The molecule has 0 saturated carbocycles. The summed E-state index contributed by atoms with van der Waals surface area (Å²) in [5.74, 6) is -1.27. The van der Waals surface area contributed by atoms with Gasteiger partial charge in [0.2, 0.25) is 0 Å². The number of nitrogens with one attached hydrogen (secondary N) is 1. The van der Waals surface area contributed by atoms with E-state index in [0.29, 0.717) is 11.3 Å². The number of benzene rings is 1. The van der Waals surface area contributed by atoms with Gasteiger partial charge in [-0.3, -0.25) is 0 Å². The Balaban J connectivity index is 2.52. The highest BCUT2D eigenvalue weighted by atomic mass is 16.4. The first-order valence-corrected chi connectivity index (χ1v) is 4.28. The molecule has 78 valence electrons. The van der Waals surface area contributed by atoms with Gasteiger partial charge in [-0.15, -0.1) is 0 Å². The van der Waals surface area contributed by atoms with E-state index in [-0.39, 0.29) is 6.54 Å². The summed E-state index contributed by atoms with van der Waals surface area (Å²) >= 11 is 0. The van der Waals surface area contributed by atoms with Crippen LogP contribution in [0.2, 0.25) is 0 Å². The van der Waals surface area contributed by atoms with Crippen molar-refractivity contribution in [2.75, 3.05) is 11.9 Å². The normalized spacial score (nSPS) is 11.5. The third kappa shape index (κ3) is 3.29. The van der Waals surface area contributed by atoms with Crippen LogP contribution in [0.3, 0.4) is 0 Å². The lowest BCUT2D eigenvalue weighted by Gasteiger charge is -2.08. The average molecular weight is 206 g/mol. The number of carboxylic acids is 1. The second kappa shape index (κ2) is 4.98. The number of nitrogens with zero attached hydrogens (tertiary/aromatic N) is 1. The summed E-state index contributed by atoms with van der Waals surface area (Å²) in [6, 6.07) is 8.47. The Morgan fingerprint density at radius 1 is 1.47 bits per heavy atom. The second-order valence-electron chi connectivity index (χ2n) is 2.92. The molecule has 1 aromatic carbocycles. The maximum atomic E-state index is 10.3. The Bertz CT molecular complexity index is 381. The first-order chi connectivity index (χ1) is 7.13. The number of anilines is 1. The zero-order chi connectivity index (χ0) is 11.3. The van der Waals surface area contributed by atoms with E-state index in [0.717, 1.165) is 0 Å². The smallest absolute Gasteiger partial charge is 0.334 e. The van der Waals surface area contributed by atoms with E-state index in [1.807, 2.05) is 6.07 Å². The van der Waals surface area contributed by atoms with Crippen LogP contribution in [0.4, 0.5) is 5.69 Å². The molecule has 0 spiro atoms. The number of nitriles is 1. The zero-order valence-corrected chi connectivity index (χ0v) is 7.84. The lowest BCUT2D eigenvalue weighted by molar-refractivity contribution is -0.145. The van der Waals surface area contributed by atoms with Crippen LogP contribution in [-0.4, -0.2) is 28.8 Å². The minimum Gasteiger partial charge on any atom is -0.479 e. The van der Waals surface area contributed by atoms with Gasteiger partial charge in [-0.1, -0.05) is 0 Å². The molecule has 0 saturated heterocycles. The summed E-state index contributed by atoms with van der Waals surface area (Å²) in [5.41, 5.74) is 1.19. The number of aliphatic hydroxyl groups excluding tert-OH is 1. The predicted octanol–water partition coefficient (Wildman–Crippen LogP) is 0.416. The molecule has 15 heavy (non-hydrogen) atoms. The van der Waals surface area contributed by atoms with Gasteiger partial charge >= 0.3 is 5.97 Å². The number of aliphatic hydroxyl groups is 1. The average Bonchev–Trinajstić information content (AvgIpc) is 2.26. The fraction of sp³-hybridized carbons (Fsp3) is 0.200. The summed E-state index contributed by atoms with van der Waals surface area (Å²) in [4.78, 5) is 10.3. The Morgan fingerprint density at radius 2 is 2.07 bits per heavy atom. The quantitative estimate of drug-likeness (QED) is 0.663. The summed E-state index contributed by atoms with van der Waals surface area (Å²) in [6.07, 6.45) is -1.43. The Morgan fingerprint density at radius 3 is 2.53 bits per heavy atom. The first kappa shape index (κ1) is 11.0. The highest BCUT2D eigenvalue weighted by Gasteiger charge is 2.11. The number of aliphatic carboxylic acids is 1. The molecule has 0 bridgehead atoms. The second-order valence-corrected chi connectivity index (χ2v) is 2.92. The maximum absolute atomic E-state index is 10.3. The van der Waals surface area contributed by atoms with Crippen LogP contribution in [-0.2, 0) is 4.79 Å². The molecule has 0 amide bonds. The van der Waals surface area contributed by atoms with E-state index in [9.17, 15) is 4.79 Å². The van der Waals surface area contributed by atoms with Crippen molar-refractivity contribution in [2.24, 2.45) is 0 Å². The molecular formula is C10H10N2O3. The number of hydrogen-bond donors (Lipinski definition) is 3. The van der Waals surface area contributed by atoms with Crippen molar-refractivity contribution in [3.8, 4) is 6.07 Å². The molecule has 1 atom stereocenters.